The quantitative estimate of drug-likeness (QED) is 0.607. The molecule has 0 aliphatic rings. The van der Waals surface area contributed by atoms with E-state index in [9.17, 15) is 0 Å². The van der Waals surface area contributed by atoms with Crippen LogP contribution >= 0.6 is 0 Å². The Hall–Kier alpha value is -0.275. The Balaban J connectivity index is 0. The van der Waals surface area contributed by atoms with Crippen LogP contribution in [0.1, 0.15) is 41.5 Å². The molecule has 0 rings (SSSR count). The molecule has 0 atom stereocenters. The molecular weight excluding hydrogens is 163 g/mol. The van der Waals surface area contributed by atoms with Gasteiger partial charge in [0.15, 0.2) is 0 Å². The zero-order valence-corrected chi connectivity index (χ0v) is 9.55. The smallest absolute Gasteiger partial charge is 0.102 e. The van der Waals surface area contributed by atoms with E-state index in [1.807, 2.05) is 13.8 Å². The van der Waals surface area contributed by atoms with Crippen LogP contribution in [0.5, 0.6) is 0 Å². The second-order valence-electron chi connectivity index (χ2n) is 4.36. The highest BCUT2D eigenvalue weighted by molar-refractivity contribution is 6.17. The molecule has 0 amide bonds. The molecule has 2 radical (unpaired) electrons. The Morgan fingerprint density at radius 3 is 1.15 bits per heavy atom. The van der Waals surface area contributed by atoms with E-state index in [0.717, 1.165) is 5.57 Å². The third-order valence-electron chi connectivity index (χ3n) is 1.83. The minimum Gasteiger partial charge on any atom is -0.387 e. The molecule has 0 saturated carbocycles. The first-order valence-corrected chi connectivity index (χ1v) is 4.32. The van der Waals surface area contributed by atoms with Gasteiger partial charge in [0.1, 0.15) is 7.85 Å². The fraction of sp³-hybridized carbons (Fsp3) is 0.800. The van der Waals surface area contributed by atoms with Gasteiger partial charge in [0.2, 0.25) is 0 Å². The topological polar surface area (TPSA) is 40.5 Å². The zero-order chi connectivity index (χ0) is 11.3. The van der Waals surface area contributed by atoms with Gasteiger partial charge < -0.3 is 10.2 Å². The Labute approximate surface area is 83.1 Å². The van der Waals surface area contributed by atoms with E-state index in [-0.39, 0.29) is 0 Å². The van der Waals surface area contributed by atoms with E-state index in [4.69, 9.17) is 18.1 Å². The van der Waals surface area contributed by atoms with Crippen LogP contribution in [0, 0.1) is 0 Å². The summed E-state index contributed by atoms with van der Waals surface area (Å²) in [7, 11) is 5.01. The Bertz CT molecular complexity index is 145. The summed E-state index contributed by atoms with van der Waals surface area (Å²) in [5.41, 5.74) is -0.856. The van der Waals surface area contributed by atoms with Gasteiger partial charge in [0.05, 0.1) is 11.2 Å². The van der Waals surface area contributed by atoms with E-state index < -0.39 is 11.2 Å². The molecule has 0 bridgehead atoms. The molecule has 76 valence electrons. The molecule has 2 N–H and O–H groups in total. The van der Waals surface area contributed by atoms with E-state index >= 15 is 0 Å². The first kappa shape index (κ1) is 15.2. The molecule has 0 aromatic rings. The van der Waals surface area contributed by atoms with Crippen LogP contribution in [-0.2, 0) is 0 Å². The van der Waals surface area contributed by atoms with Gasteiger partial charge >= 0.3 is 0 Å². The van der Waals surface area contributed by atoms with E-state index in [2.05, 4.69) is 0 Å². The SMILES string of the molecule is CC(C)(O)C(C)(C)O.[B]C=C(C)C. The van der Waals surface area contributed by atoms with Crippen LogP contribution in [0.2, 0.25) is 0 Å². The van der Waals surface area contributed by atoms with E-state index in [0.29, 0.717) is 0 Å². The highest BCUT2D eigenvalue weighted by Crippen LogP contribution is 2.19. The lowest BCUT2D eigenvalue weighted by Crippen LogP contribution is -2.44. The molecule has 0 aliphatic heterocycles. The Morgan fingerprint density at radius 2 is 1.15 bits per heavy atom. The first-order valence-electron chi connectivity index (χ1n) is 4.32. The molecule has 0 saturated heterocycles. The van der Waals surface area contributed by atoms with Gasteiger partial charge in [-0.2, -0.15) is 0 Å². The molecule has 0 heterocycles. The molecule has 0 unspecified atom stereocenters. The Kier molecular flexibility index (Phi) is 6.38. The molecular formula is C10H21BO2. The van der Waals surface area contributed by atoms with Crippen LogP contribution < -0.4 is 0 Å². The predicted molar refractivity (Wildman–Crippen MR) is 57.8 cm³/mol. The number of rotatable bonds is 1. The average Bonchev–Trinajstić information content (AvgIpc) is 1.84. The molecule has 0 aliphatic carbocycles. The summed E-state index contributed by atoms with van der Waals surface area (Å²) in [5, 5.41) is 18.2. The maximum absolute atomic E-state index is 9.10. The van der Waals surface area contributed by atoms with Crippen molar-refractivity contribution >= 4 is 7.85 Å². The van der Waals surface area contributed by atoms with Crippen LogP contribution in [0.15, 0.2) is 11.5 Å². The summed E-state index contributed by atoms with van der Waals surface area (Å²) in [6.07, 6.45) is 0. The lowest BCUT2D eigenvalue weighted by molar-refractivity contribution is -0.107. The van der Waals surface area contributed by atoms with Crippen molar-refractivity contribution in [3.05, 3.63) is 11.5 Å². The average molecular weight is 184 g/mol. The van der Waals surface area contributed by atoms with Crippen LogP contribution in [0.3, 0.4) is 0 Å². The summed E-state index contributed by atoms with van der Waals surface area (Å²) >= 11 is 0. The zero-order valence-electron chi connectivity index (χ0n) is 9.55. The lowest BCUT2D eigenvalue weighted by atomic mass is 9.90. The van der Waals surface area contributed by atoms with Crippen molar-refractivity contribution < 1.29 is 10.2 Å². The normalized spacial score (nSPS) is 11.4. The monoisotopic (exact) mass is 184 g/mol. The standard InChI is InChI=1S/C6H14O2.C4H7B/c1-5(2,7)6(3,4)8;1-4(2)3-5/h7-8H,1-4H3;3H,1-2H3. The van der Waals surface area contributed by atoms with E-state index in [1.54, 1.807) is 33.7 Å². The van der Waals surface area contributed by atoms with Crippen molar-refractivity contribution in [2.24, 2.45) is 0 Å². The summed E-state index contributed by atoms with van der Waals surface area (Å²) in [6.45, 7) is 10.2. The minimum atomic E-state index is -1.01. The van der Waals surface area contributed by atoms with Crippen molar-refractivity contribution in [2.45, 2.75) is 52.7 Å². The number of hydrogen-bond acceptors (Lipinski definition) is 2. The fourth-order valence-corrected chi connectivity index (χ4v) is 0. The number of allylic oxidation sites excluding steroid dienone is 1. The first-order chi connectivity index (χ1) is 5.52. The molecule has 0 aromatic carbocycles. The van der Waals surface area contributed by atoms with Crippen molar-refractivity contribution in [1.29, 1.82) is 0 Å². The van der Waals surface area contributed by atoms with Gasteiger partial charge in [-0.15, -0.1) is 5.98 Å². The van der Waals surface area contributed by atoms with Crippen molar-refractivity contribution in [1.82, 2.24) is 0 Å². The van der Waals surface area contributed by atoms with Gasteiger partial charge in [-0.1, -0.05) is 5.57 Å². The maximum Gasteiger partial charge on any atom is 0.102 e. The lowest BCUT2D eigenvalue weighted by Gasteiger charge is -2.31. The van der Waals surface area contributed by atoms with Gasteiger partial charge in [0.25, 0.3) is 0 Å². The van der Waals surface area contributed by atoms with E-state index in [1.165, 1.54) is 0 Å². The minimum absolute atomic E-state index is 1.01. The maximum atomic E-state index is 9.10. The van der Waals surface area contributed by atoms with Gasteiger partial charge in [-0.05, 0) is 41.5 Å². The third-order valence-corrected chi connectivity index (χ3v) is 1.83. The summed E-state index contributed by atoms with van der Waals surface area (Å²) in [5.74, 6) is 1.58. The molecule has 0 fully saturated rings. The second-order valence-corrected chi connectivity index (χ2v) is 4.36. The van der Waals surface area contributed by atoms with Crippen molar-refractivity contribution in [2.75, 3.05) is 0 Å². The summed E-state index contributed by atoms with van der Waals surface area (Å²) in [4.78, 5) is 0. The fourth-order valence-electron chi connectivity index (χ4n) is 0. The Morgan fingerprint density at radius 1 is 1.00 bits per heavy atom. The highest BCUT2D eigenvalue weighted by atomic mass is 16.3. The van der Waals surface area contributed by atoms with Gasteiger partial charge in [-0.3, -0.25) is 0 Å². The van der Waals surface area contributed by atoms with Gasteiger partial charge in [-0.25, -0.2) is 0 Å². The number of hydrogen-bond donors (Lipinski definition) is 2. The van der Waals surface area contributed by atoms with Crippen LogP contribution in [0.4, 0.5) is 0 Å². The molecule has 13 heavy (non-hydrogen) atoms. The molecule has 2 nitrogen and oxygen atoms in total. The van der Waals surface area contributed by atoms with Crippen LogP contribution in [0.25, 0.3) is 0 Å². The molecule has 0 aromatic heterocycles. The second kappa shape index (κ2) is 5.45. The number of aliphatic hydroxyl groups is 2. The van der Waals surface area contributed by atoms with Gasteiger partial charge in [0, 0.05) is 0 Å². The largest absolute Gasteiger partial charge is 0.387 e. The highest BCUT2D eigenvalue weighted by Gasteiger charge is 2.31. The van der Waals surface area contributed by atoms with Crippen molar-refractivity contribution in [3.8, 4) is 0 Å². The summed E-state index contributed by atoms with van der Waals surface area (Å²) < 4.78 is 0. The third kappa shape index (κ3) is 9.64. The summed E-state index contributed by atoms with van der Waals surface area (Å²) in [6, 6.07) is 0. The molecule has 3 heteroatoms. The van der Waals surface area contributed by atoms with Crippen LogP contribution in [-0.4, -0.2) is 29.3 Å². The van der Waals surface area contributed by atoms with Crippen molar-refractivity contribution in [3.63, 3.8) is 0 Å². The molecule has 0 spiro atoms. The predicted octanol–water partition coefficient (Wildman–Crippen LogP) is 1.61.